The van der Waals surface area contributed by atoms with Crippen molar-refractivity contribution in [2.75, 3.05) is 6.54 Å². The molecule has 2 fully saturated rings. The predicted molar refractivity (Wildman–Crippen MR) is 95.5 cm³/mol. The number of hydrogen-bond acceptors (Lipinski definition) is 2. The zero-order valence-corrected chi connectivity index (χ0v) is 14.9. The number of hydrogen-bond donors (Lipinski definition) is 0. The van der Waals surface area contributed by atoms with Gasteiger partial charge in [0.1, 0.15) is 4.32 Å². The Morgan fingerprint density at radius 1 is 1.05 bits per heavy atom. The molecule has 0 saturated heterocycles. The van der Waals surface area contributed by atoms with E-state index in [1.54, 1.807) is 0 Å². The second-order valence-electron chi connectivity index (χ2n) is 6.56. The molecule has 1 nitrogen and oxygen atoms in total. The smallest absolute Gasteiger partial charge is 0.136 e. The third-order valence-electron chi connectivity index (χ3n) is 5.19. The van der Waals surface area contributed by atoms with Crippen molar-refractivity contribution in [3.63, 3.8) is 0 Å². The van der Waals surface area contributed by atoms with Gasteiger partial charge in [-0.3, -0.25) is 0 Å². The molecule has 1 atom stereocenters. The second kappa shape index (κ2) is 8.63. The minimum Gasteiger partial charge on any atom is -0.355 e. The highest BCUT2D eigenvalue weighted by Gasteiger charge is 2.26. The fourth-order valence-electron chi connectivity index (χ4n) is 3.86. The Balaban J connectivity index is 1.84. The first kappa shape index (κ1) is 16.6. The summed E-state index contributed by atoms with van der Waals surface area (Å²) in [6.07, 6.45) is 14.1. The molecule has 2 saturated carbocycles. The molecule has 2 rings (SSSR count). The van der Waals surface area contributed by atoms with Gasteiger partial charge in [0.05, 0.1) is 0 Å². The molecular weight excluding hydrogens is 282 g/mol. The molecule has 0 N–H and O–H groups in total. The fraction of sp³-hybridized carbons (Fsp3) is 0.941. The average molecular weight is 314 g/mol. The van der Waals surface area contributed by atoms with Gasteiger partial charge >= 0.3 is 0 Å². The van der Waals surface area contributed by atoms with E-state index in [0.29, 0.717) is 5.25 Å². The van der Waals surface area contributed by atoms with Gasteiger partial charge in [0.15, 0.2) is 0 Å². The normalized spacial score (nSPS) is 23.5. The van der Waals surface area contributed by atoms with Gasteiger partial charge in [-0.25, -0.2) is 0 Å². The molecule has 2 aliphatic carbocycles. The number of thiocarbonyl (C=S) groups is 1. The Morgan fingerprint density at radius 2 is 1.60 bits per heavy atom. The van der Waals surface area contributed by atoms with Gasteiger partial charge in [0, 0.05) is 17.8 Å². The molecule has 0 amide bonds. The van der Waals surface area contributed by atoms with Crippen molar-refractivity contribution < 1.29 is 0 Å². The average Bonchev–Trinajstić information content (AvgIpc) is 2.50. The van der Waals surface area contributed by atoms with Crippen LogP contribution in [0.2, 0.25) is 0 Å². The first-order chi connectivity index (χ1) is 9.72. The van der Waals surface area contributed by atoms with E-state index in [-0.39, 0.29) is 0 Å². The molecule has 1 unspecified atom stereocenters. The van der Waals surface area contributed by atoms with Crippen LogP contribution in [0.5, 0.6) is 0 Å². The van der Waals surface area contributed by atoms with E-state index in [0.717, 1.165) is 18.5 Å². The van der Waals surface area contributed by atoms with E-state index in [9.17, 15) is 0 Å². The zero-order valence-electron chi connectivity index (χ0n) is 13.3. The Bertz CT molecular complexity index is 293. The Morgan fingerprint density at radius 3 is 2.15 bits per heavy atom. The Hall–Kier alpha value is 0.240. The van der Waals surface area contributed by atoms with Gasteiger partial charge in [0.2, 0.25) is 0 Å². The van der Waals surface area contributed by atoms with Crippen LogP contribution in [0.15, 0.2) is 0 Å². The van der Waals surface area contributed by atoms with Crippen LogP contribution in [0.25, 0.3) is 0 Å². The summed E-state index contributed by atoms with van der Waals surface area (Å²) in [6.45, 7) is 5.77. The lowest BCUT2D eigenvalue weighted by Gasteiger charge is -2.37. The summed E-state index contributed by atoms with van der Waals surface area (Å²) in [7, 11) is 0. The molecule has 0 radical (unpaired) electrons. The summed E-state index contributed by atoms with van der Waals surface area (Å²) < 4.78 is 1.18. The molecule has 3 heteroatoms. The molecule has 116 valence electrons. The summed E-state index contributed by atoms with van der Waals surface area (Å²) in [6, 6.07) is 0.729. The van der Waals surface area contributed by atoms with Gasteiger partial charge in [0.25, 0.3) is 0 Å². The van der Waals surface area contributed by atoms with Crippen LogP contribution in [0.1, 0.15) is 78.1 Å². The monoisotopic (exact) mass is 313 g/mol. The number of nitrogens with zero attached hydrogens (tertiary/aromatic N) is 1. The second-order valence-corrected chi connectivity index (χ2v) is 8.58. The molecular formula is C17H31NS2. The van der Waals surface area contributed by atoms with E-state index in [1.807, 2.05) is 11.8 Å². The standard InChI is InChI=1S/C17H31NS2/c1-3-18(16-12-8-5-9-13-16)17(19)20-14(2)15-10-6-4-7-11-15/h14-16H,3-13H2,1-2H3. The maximum Gasteiger partial charge on any atom is 0.136 e. The maximum atomic E-state index is 5.79. The van der Waals surface area contributed by atoms with Gasteiger partial charge < -0.3 is 4.90 Å². The largest absolute Gasteiger partial charge is 0.355 e. The first-order valence-electron chi connectivity index (χ1n) is 8.69. The molecule has 0 spiro atoms. The van der Waals surface area contributed by atoms with E-state index < -0.39 is 0 Å². The molecule has 20 heavy (non-hydrogen) atoms. The van der Waals surface area contributed by atoms with Crippen molar-refractivity contribution in [1.82, 2.24) is 4.90 Å². The van der Waals surface area contributed by atoms with Crippen LogP contribution in [-0.4, -0.2) is 27.1 Å². The third-order valence-corrected chi connectivity index (χ3v) is 6.91. The van der Waals surface area contributed by atoms with Gasteiger partial charge in [-0.1, -0.05) is 69.4 Å². The van der Waals surface area contributed by atoms with Crippen LogP contribution in [0.4, 0.5) is 0 Å². The van der Waals surface area contributed by atoms with Crippen molar-refractivity contribution in [2.45, 2.75) is 89.3 Å². The lowest BCUT2D eigenvalue weighted by atomic mass is 9.87. The Kier molecular flexibility index (Phi) is 7.16. The molecule has 0 aromatic heterocycles. The minimum atomic E-state index is 0.709. The number of rotatable bonds is 4. The molecule has 0 aromatic carbocycles. The van der Waals surface area contributed by atoms with Crippen LogP contribution in [0, 0.1) is 5.92 Å². The summed E-state index contributed by atoms with van der Waals surface area (Å²) >= 11 is 7.78. The summed E-state index contributed by atoms with van der Waals surface area (Å²) in [5.74, 6) is 0.900. The van der Waals surface area contributed by atoms with Crippen LogP contribution in [0.3, 0.4) is 0 Å². The van der Waals surface area contributed by atoms with Crippen molar-refractivity contribution >= 4 is 28.3 Å². The van der Waals surface area contributed by atoms with Crippen LogP contribution >= 0.6 is 24.0 Å². The Labute approximate surface area is 135 Å². The maximum absolute atomic E-state index is 5.79. The topological polar surface area (TPSA) is 3.24 Å². The summed E-state index contributed by atoms with van der Waals surface area (Å²) in [5.41, 5.74) is 0. The van der Waals surface area contributed by atoms with Crippen LogP contribution in [-0.2, 0) is 0 Å². The van der Waals surface area contributed by atoms with Crippen molar-refractivity contribution in [3.05, 3.63) is 0 Å². The van der Waals surface area contributed by atoms with E-state index in [2.05, 4.69) is 18.7 Å². The van der Waals surface area contributed by atoms with Crippen molar-refractivity contribution in [1.29, 1.82) is 0 Å². The van der Waals surface area contributed by atoms with Gasteiger partial charge in [-0.05, 0) is 38.5 Å². The summed E-state index contributed by atoms with van der Waals surface area (Å²) in [5, 5.41) is 0.709. The highest BCUT2D eigenvalue weighted by Crippen LogP contribution is 2.34. The first-order valence-corrected chi connectivity index (χ1v) is 9.98. The lowest BCUT2D eigenvalue weighted by Crippen LogP contribution is -2.40. The minimum absolute atomic E-state index is 0.709. The molecule has 0 heterocycles. The quantitative estimate of drug-likeness (QED) is 0.619. The zero-order chi connectivity index (χ0) is 14.4. The van der Waals surface area contributed by atoms with E-state index in [4.69, 9.17) is 12.2 Å². The predicted octanol–water partition coefficient (Wildman–Crippen LogP) is 5.63. The molecule has 0 aromatic rings. The highest BCUT2D eigenvalue weighted by molar-refractivity contribution is 8.23. The molecule has 0 bridgehead atoms. The highest BCUT2D eigenvalue weighted by atomic mass is 32.2. The van der Waals surface area contributed by atoms with Gasteiger partial charge in [-0.2, -0.15) is 0 Å². The molecule has 2 aliphatic rings. The number of thioether (sulfide) groups is 1. The molecule has 0 aliphatic heterocycles. The van der Waals surface area contributed by atoms with E-state index in [1.165, 1.54) is 68.5 Å². The van der Waals surface area contributed by atoms with Crippen molar-refractivity contribution in [3.8, 4) is 0 Å². The lowest BCUT2D eigenvalue weighted by molar-refractivity contribution is 0.259. The fourth-order valence-corrected chi connectivity index (χ4v) is 5.79. The van der Waals surface area contributed by atoms with Gasteiger partial charge in [-0.15, -0.1) is 0 Å². The van der Waals surface area contributed by atoms with Crippen LogP contribution < -0.4 is 0 Å². The van der Waals surface area contributed by atoms with E-state index >= 15 is 0 Å². The van der Waals surface area contributed by atoms with Crippen molar-refractivity contribution in [2.24, 2.45) is 5.92 Å². The SMILES string of the molecule is CCN(C(=S)SC(C)C1CCCCC1)C1CCCCC1. The third kappa shape index (κ3) is 4.62. The summed E-state index contributed by atoms with van der Waals surface area (Å²) in [4.78, 5) is 2.53.